The number of fused-ring (bicyclic) bond motifs is 1. The Morgan fingerprint density at radius 2 is 1.90 bits per heavy atom. The Hall–Kier alpha value is -1.82. The molecule has 29 heavy (non-hydrogen) atoms. The SMILES string of the molecule is CC(C)(O)c1csc(SN)c1.Cc1c(C(F)(F)F)nc2c(c1N)CCC2.NC=O. The van der Waals surface area contributed by atoms with Crippen LogP contribution in [-0.2, 0) is 29.4 Å². The fourth-order valence-electron chi connectivity index (χ4n) is 2.69. The highest BCUT2D eigenvalue weighted by Crippen LogP contribution is 2.37. The molecule has 0 unspecified atom stereocenters. The van der Waals surface area contributed by atoms with Crippen molar-refractivity contribution in [3.05, 3.63) is 39.5 Å². The van der Waals surface area contributed by atoms with Gasteiger partial charge in [0.15, 0.2) is 0 Å². The number of aromatic nitrogens is 1. The van der Waals surface area contributed by atoms with Gasteiger partial charge in [-0.2, -0.15) is 13.2 Å². The third-order valence-corrected chi connectivity index (χ3v) is 5.84. The molecule has 162 valence electrons. The Labute approximate surface area is 175 Å². The number of nitrogen functional groups attached to an aromatic ring is 1. The van der Waals surface area contributed by atoms with Crippen LogP contribution in [0.25, 0.3) is 0 Å². The van der Waals surface area contributed by atoms with E-state index in [9.17, 15) is 18.3 Å². The second-order valence-electron chi connectivity index (χ2n) is 6.74. The zero-order chi connectivity index (χ0) is 22.4. The van der Waals surface area contributed by atoms with E-state index < -0.39 is 17.5 Å². The zero-order valence-corrected chi connectivity index (χ0v) is 18.0. The molecule has 0 saturated heterocycles. The summed E-state index contributed by atoms with van der Waals surface area (Å²) in [5.41, 5.74) is 10.9. The number of thiophene rings is 1. The molecule has 0 radical (unpaired) electrons. The molecule has 1 aliphatic carbocycles. The van der Waals surface area contributed by atoms with Crippen molar-refractivity contribution in [2.45, 2.75) is 56.0 Å². The number of pyridine rings is 1. The molecule has 0 bridgehead atoms. The van der Waals surface area contributed by atoms with Crippen molar-refractivity contribution < 1.29 is 23.1 Å². The summed E-state index contributed by atoms with van der Waals surface area (Å²) in [6.07, 6.45) is -1.97. The normalized spacial score (nSPS) is 13.0. The summed E-state index contributed by atoms with van der Waals surface area (Å²) in [7, 11) is 0. The topological polar surface area (TPSA) is 128 Å². The van der Waals surface area contributed by atoms with Gasteiger partial charge in [0.25, 0.3) is 0 Å². The van der Waals surface area contributed by atoms with Gasteiger partial charge in [-0.1, -0.05) is 0 Å². The lowest BCUT2D eigenvalue weighted by molar-refractivity contribution is -0.141. The standard InChI is InChI=1S/C10H11F3N2.C7H11NOS2.CH3NO/c1-5-8(14)6-3-2-4-7(6)15-9(5)10(11,12)13;1-7(2,9)5-3-6(11-8)10-4-5;2-1-3/h2-4H2,1H3,(H2,14,15);3-4,9H,8H2,1-2H3;1H,(H2,2,3). The number of carbonyl (C=O) groups excluding carboxylic acids is 1. The van der Waals surface area contributed by atoms with E-state index in [0.717, 1.165) is 28.2 Å². The minimum absolute atomic E-state index is 0.0585. The number of aryl methyl sites for hydroxylation is 1. The van der Waals surface area contributed by atoms with Crippen molar-refractivity contribution in [3.8, 4) is 0 Å². The molecule has 0 atom stereocenters. The first kappa shape index (κ1) is 25.2. The Kier molecular flexibility index (Phi) is 8.94. The lowest BCUT2D eigenvalue weighted by Gasteiger charge is -2.14. The van der Waals surface area contributed by atoms with Gasteiger partial charge in [0.2, 0.25) is 6.41 Å². The van der Waals surface area contributed by atoms with Crippen LogP contribution in [0.15, 0.2) is 15.7 Å². The van der Waals surface area contributed by atoms with Crippen LogP contribution in [0.3, 0.4) is 0 Å². The molecule has 1 amide bonds. The second kappa shape index (κ2) is 10.3. The van der Waals surface area contributed by atoms with Crippen molar-refractivity contribution in [3.63, 3.8) is 0 Å². The highest BCUT2D eigenvalue weighted by molar-refractivity contribution is 7.99. The summed E-state index contributed by atoms with van der Waals surface area (Å²) >= 11 is 2.77. The monoisotopic (exact) mass is 450 g/mol. The number of halogens is 3. The summed E-state index contributed by atoms with van der Waals surface area (Å²) in [6, 6.07) is 1.91. The summed E-state index contributed by atoms with van der Waals surface area (Å²) in [6.45, 7) is 4.91. The van der Waals surface area contributed by atoms with Crippen LogP contribution in [0.1, 0.15) is 48.3 Å². The average molecular weight is 451 g/mol. The van der Waals surface area contributed by atoms with Gasteiger partial charge >= 0.3 is 6.18 Å². The first-order chi connectivity index (χ1) is 13.4. The number of nitrogens with two attached hydrogens (primary N) is 3. The van der Waals surface area contributed by atoms with Gasteiger partial charge in [-0.3, -0.25) is 9.93 Å². The van der Waals surface area contributed by atoms with Gasteiger partial charge in [-0.25, -0.2) is 4.98 Å². The maximum Gasteiger partial charge on any atom is 0.433 e. The highest BCUT2D eigenvalue weighted by Gasteiger charge is 2.37. The van der Waals surface area contributed by atoms with E-state index in [0.29, 0.717) is 12.1 Å². The number of nitrogens with zero attached hydrogens (tertiary/aromatic N) is 1. The number of alkyl halides is 3. The summed E-state index contributed by atoms with van der Waals surface area (Å²) in [5, 5.41) is 16.8. The molecule has 2 aromatic heterocycles. The first-order valence-electron chi connectivity index (χ1n) is 8.55. The first-order valence-corrected chi connectivity index (χ1v) is 10.3. The van der Waals surface area contributed by atoms with Crippen LogP contribution in [-0.4, -0.2) is 16.5 Å². The quantitative estimate of drug-likeness (QED) is 0.409. The Morgan fingerprint density at radius 3 is 2.31 bits per heavy atom. The Bertz CT molecular complexity index is 834. The Morgan fingerprint density at radius 1 is 1.31 bits per heavy atom. The number of amides is 1. The van der Waals surface area contributed by atoms with E-state index >= 15 is 0 Å². The number of aliphatic hydroxyl groups is 1. The lowest BCUT2D eigenvalue weighted by Crippen LogP contribution is -2.14. The predicted molar refractivity (Wildman–Crippen MR) is 110 cm³/mol. The number of hydrogen-bond donors (Lipinski definition) is 4. The van der Waals surface area contributed by atoms with Gasteiger partial charge in [0.05, 0.1) is 9.81 Å². The van der Waals surface area contributed by atoms with Crippen LogP contribution in [0.5, 0.6) is 0 Å². The Balaban J connectivity index is 0.000000265. The molecule has 1 aliphatic rings. The number of anilines is 1. The van der Waals surface area contributed by atoms with Gasteiger partial charge in [-0.05, 0) is 74.6 Å². The maximum atomic E-state index is 12.6. The van der Waals surface area contributed by atoms with E-state index in [1.54, 1.807) is 25.2 Å². The molecule has 2 aromatic rings. The number of hydrogen-bond acceptors (Lipinski definition) is 7. The molecule has 0 aliphatic heterocycles. The fourth-order valence-corrected chi connectivity index (χ4v) is 4.05. The minimum atomic E-state index is -4.41. The van der Waals surface area contributed by atoms with Crippen LogP contribution in [0.2, 0.25) is 0 Å². The fraction of sp³-hybridized carbons (Fsp3) is 0.444. The molecule has 0 fully saturated rings. The second-order valence-corrected chi connectivity index (χ2v) is 8.59. The summed E-state index contributed by atoms with van der Waals surface area (Å²) in [4.78, 5) is 12.3. The van der Waals surface area contributed by atoms with E-state index in [1.165, 1.54) is 18.9 Å². The third kappa shape index (κ3) is 6.88. The van der Waals surface area contributed by atoms with Crippen molar-refractivity contribution in [1.29, 1.82) is 0 Å². The summed E-state index contributed by atoms with van der Waals surface area (Å²) < 4.78 is 38.8. The molecule has 6 nitrogen and oxygen atoms in total. The molecular weight excluding hydrogens is 425 g/mol. The third-order valence-electron chi connectivity index (χ3n) is 4.19. The van der Waals surface area contributed by atoms with Crippen molar-refractivity contribution in [2.24, 2.45) is 10.9 Å². The minimum Gasteiger partial charge on any atom is -0.398 e. The van der Waals surface area contributed by atoms with Gasteiger partial charge < -0.3 is 16.6 Å². The zero-order valence-electron chi connectivity index (χ0n) is 16.3. The molecule has 2 heterocycles. The molecule has 0 saturated carbocycles. The van der Waals surface area contributed by atoms with Crippen LogP contribution in [0.4, 0.5) is 18.9 Å². The van der Waals surface area contributed by atoms with E-state index in [1.807, 2.05) is 11.4 Å². The smallest absolute Gasteiger partial charge is 0.398 e. The van der Waals surface area contributed by atoms with Crippen LogP contribution >= 0.6 is 23.3 Å². The van der Waals surface area contributed by atoms with Crippen molar-refractivity contribution in [1.82, 2.24) is 4.98 Å². The number of rotatable bonds is 2. The van der Waals surface area contributed by atoms with E-state index in [4.69, 9.17) is 15.7 Å². The molecule has 0 aromatic carbocycles. The molecular formula is C18H25F3N4O2S2. The van der Waals surface area contributed by atoms with Crippen molar-refractivity contribution >= 4 is 35.4 Å². The van der Waals surface area contributed by atoms with Gasteiger partial charge in [0.1, 0.15) is 5.69 Å². The van der Waals surface area contributed by atoms with Gasteiger partial charge in [0, 0.05) is 16.9 Å². The highest BCUT2D eigenvalue weighted by atomic mass is 32.2. The summed E-state index contributed by atoms with van der Waals surface area (Å²) in [5.74, 6) is 0. The molecule has 7 N–H and O–H groups in total. The molecule has 11 heteroatoms. The molecule has 0 spiro atoms. The maximum absolute atomic E-state index is 12.6. The van der Waals surface area contributed by atoms with E-state index in [2.05, 4.69) is 10.7 Å². The van der Waals surface area contributed by atoms with E-state index in [-0.39, 0.29) is 17.7 Å². The average Bonchev–Trinajstić information content (AvgIpc) is 3.27. The largest absolute Gasteiger partial charge is 0.433 e. The number of primary amides is 1. The van der Waals surface area contributed by atoms with Gasteiger partial charge in [-0.15, -0.1) is 11.3 Å². The predicted octanol–water partition coefficient (Wildman–Crippen LogP) is 3.52. The lowest BCUT2D eigenvalue weighted by atomic mass is 10.0. The van der Waals surface area contributed by atoms with Crippen molar-refractivity contribution in [2.75, 3.05) is 5.73 Å². The number of carbonyl (C=O) groups is 1. The molecule has 3 rings (SSSR count). The van der Waals surface area contributed by atoms with Crippen LogP contribution in [0, 0.1) is 6.92 Å². The van der Waals surface area contributed by atoms with Crippen LogP contribution < -0.4 is 16.6 Å².